The third kappa shape index (κ3) is 4.41. The number of carbonyl (C=O) groups is 1. The standard InChI is InChI=1S/C17H23F2N3O/c1-21(10-13-4-5-14(18)8-16(13)19)17(23)20-15-6-7-22(11-15)9-12-2-3-12/h4-5,8,12,15H,2-3,6-7,9-11H2,1H3,(H,20,23)/t15-/m0/s1. The molecule has 2 fully saturated rings. The van der Waals surface area contributed by atoms with Gasteiger partial charge in [0.1, 0.15) is 11.6 Å². The molecule has 3 rings (SSSR count). The molecule has 1 heterocycles. The first-order valence-electron chi connectivity index (χ1n) is 8.19. The van der Waals surface area contributed by atoms with Gasteiger partial charge in [0, 0.05) is 50.9 Å². The van der Waals surface area contributed by atoms with Gasteiger partial charge < -0.3 is 15.1 Å². The monoisotopic (exact) mass is 323 g/mol. The van der Waals surface area contributed by atoms with Gasteiger partial charge in [-0.05, 0) is 31.2 Å². The van der Waals surface area contributed by atoms with Crippen LogP contribution in [0.25, 0.3) is 0 Å². The zero-order chi connectivity index (χ0) is 16.4. The zero-order valence-corrected chi connectivity index (χ0v) is 13.4. The van der Waals surface area contributed by atoms with Crippen LogP contribution in [-0.2, 0) is 6.54 Å². The lowest BCUT2D eigenvalue weighted by molar-refractivity contribution is 0.201. The first-order valence-corrected chi connectivity index (χ1v) is 8.19. The van der Waals surface area contributed by atoms with E-state index in [0.717, 1.165) is 38.0 Å². The molecule has 1 saturated carbocycles. The largest absolute Gasteiger partial charge is 0.334 e. The van der Waals surface area contributed by atoms with Gasteiger partial charge in [-0.25, -0.2) is 13.6 Å². The lowest BCUT2D eigenvalue weighted by Gasteiger charge is -2.22. The normalized spacial score (nSPS) is 21.4. The van der Waals surface area contributed by atoms with Crippen molar-refractivity contribution in [1.82, 2.24) is 15.1 Å². The van der Waals surface area contributed by atoms with E-state index >= 15 is 0 Å². The van der Waals surface area contributed by atoms with Crippen LogP contribution in [0, 0.1) is 17.6 Å². The quantitative estimate of drug-likeness (QED) is 0.904. The number of halogens is 2. The highest BCUT2D eigenvalue weighted by Gasteiger charge is 2.30. The molecule has 2 amide bonds. The van der Waals surface area contributed by atoms with Crippen molar-refractivity contribution in [3.8, 4) is 0 Å². The van der Waals surface area contributed by atoms with E-state index in [-0.39, 0.29) is 18.6 Å². The summed E-state index contributed by atoms with van der Waals surface area (Å²) in [5.74, 6) is -0.380. The Morgan fingerprint density at radius 2 is 2.13 bits per heavy atom. The Labute approximate surface area is 135 Å². The van der Waals surface area contributed by atoms with Gasteiger partial charge in [-0.2, -0.15) is 0 Å². The number of hydrogen-bond donors (Lipinski definition) is 1. The maximum atomic E-state index is 13.7. The SMILES string of the molecule is CN(Cc1ccc(F)cc1F)C(=O)N[C@H]1CCN(CC2CC2)C1. The van der Waals surface area contributed by atoms with Crippen molar-refractivity contribution in [3.63, 3.8) is 0 Å². The molecule has 126 valence electrons. The van der Waals surface area contributed by atoms with Crippen molar-refractivity contribution in [2.45, 2.75) is 31.8 Å². The summed E-state index contributed by atoms with van der Waals surface area (Å²) in [7, 11) is 1.62. The lowest BCUT2D eigenvalue weighted by atomic mass is 10.2. The Morgan fingerprint density at radius 1 is 1.35 bits per heavy atom. The maximum absolute atomic E-state index is 13.7. The van der Waals surface area contributed by atoms with Gasteiger partial charge in [0.25, 0.3) is 0 Å². The van der Waals surface area contributed by atoms with Gasteiger partial charge in [-0.15, -0.1) is 0 Å². The van der Waals surface area contributed by atoms with Gasteiger partial charge in [0.2, 0.25) is 0 Å². The van der Waals surface area contributed by atoms with Crippen LogP contribution >= 0.6 is 0 Å². The molecule has 1 aliphatic carbocycles. The minimum absolute atomic E-state index is 0.121. The third-order valence-electron chi connectivity index (χ3n) is 4.58. The van der Waals surface area contributed by atoms with Gasteiger partial charge in [0.15, 0.2) is 0 Å². The van der Waals surface area contributed by atoms with E-state index in [1.54, 1.807) is 7.05 Å². The summed E-state index contributed by atoms with van der Waals surface area (Å²) in [6.07, 6.45) is 3.62. The van der Waals surface area contributed by atoms with Crippen LogP contribution in [-0.4, -0.2) is 48.6 Å². The predicted octanol–water partition coefficient (Wildman–Crippen LogP) is 2.59. The molecule has 4 nitrogen and oxygen atoms in total. The highest BCUT2D eigenvalue weighted by atomic mass is 19.1. The smallest absolute Gasteiger partial charge is 0.317 e. The number of benzene rings is 1. The van der Waals surface area contributed by atoms with Gasteiger partial charge >= 0.3 is 6.03 Å². The van der Waals surface area contributed by atoms with E-state index in [2.05, 4.69) is 10.2 Å². The number of amides is 2. The third-order valence-corrected chi connectivity index (χ3v) is 4.58. The molecule has 0 bridgehead atoms. The van der Waals surface area contributed by atoms with Crippen molar-refractivity contribution in [1.29, 1.82) is 0 Å². The van der Waals surface area contributed by atoms with Gasteiger partial charge in [-0.1, -0.05) is 6.07 Å². The van der Waals surface area contributed by atoms with Crippen LogP contribution in [0.3, 0.4) is 0 Å². The first kappa shape index (κ1) is 16.2. The van der Waals surface area contributed by atoms with Crippen LogP contribution in [0.5, 0.6) is 0 Å². The summed E-state index contributed by atoms with van der Waals surface area (Å²) >= 11 is 0. The topological polar surface area (TPSA) is 35.6 Å². The highest BCUT2D eigenvalue weighted by molar-refractivity contribution is 5.74. The average molecular weight is 323 g/mol. The Kier molecular flexibility index (Phi) is 4.80. The second kappa shape index (κ2) is 6.83. The molecule has 1 aromatic rings. The van der Waals surface area contributed by atoms with E-state index in [9.17, 15) is 13.6 Å². The summed E-state index contributed by atoms with van der Waals surface area (Å²) in [4.78, 5) is 16.1. The number of urea groups is 1. The molecule has 1 N–H and O–H groups in total. The molecule has 1 aromatic carbocycles. The Hall–Kier alpha value is -1.69. The summed E-state index contributed by atoms with van der Waals surface area (Å²) in [6, 6.07) is 3.36. The molecular weight excluding hydrogens is 300 g/mol. The molecule has 2 aliphatic rings. The Bertz CT molecular complexity index is 577. The van der Waals surface area contributed by atoms with Crippen LogP contribution in [0.15, 0.2) is 18.2 Å². The number of nitrogens with one attached hydrogen (secondary N) is 1. The molecular formula is C17H23F2N3O. The number of carbonyl (C=O) groups excluding carboxylic acids is 1. The second-order valence-corrected chi connectivity index (χ2v) is 6.73. The molecule has 0 aromatic heterocycles. The Morgan fingerprint density at radius 3 is 2.83 bits per heavy atom. The number of hydrogen-bond acceptors (Lipinski definition) is 2. The fourth-order valence-electron chi connectivity index (χ4n) is 3.04. The first-order chi connectivity index (χ1) is 11.0. The van der Waals surface area contributed by atoms with Crippen molar-refractivity contribution in [2.24, 2.45) is 5.92 Å². The lowest BCUT2D eigenvalue weighted by Crippen LogP contribution is -2.44. The van der Waals surface area contributed by atoms with Crippen LogP contribution in [0.1, 0.15) is 24.8 Å². The minimum Gasteiger partial charge on any atom is -0.334 e. The molecule has 1 saturated heterocycles. The molecule has 1 aliphatic heterocycles. The van der Waals surface area contributed by atoms with Crippen molar-refractivity contribution in [2.75, 3.05) is 26.7 Å². The second-order valence-electron chi connectivity index (χ2n) is 6.73. The number of rotatable bonds is 5. The predicted molar refractivity (Wildman–Crippen MR) is 83.9 cm³/mol. The number of nitrogens with zero attached hydrogens (tertiary/aromatic N) is 2. The fraction of sp³-hybridized carbons (Fsp3) is 0.588. The van der Waals surface area contributed by atoms with E-state index < -0.39 is 11.6 Å². The summed E-state index contributed by atoms with van der Waals surface area (Å²) in [5.41, 5.74) is 0.311. The van der Waals surface area contributed by atoms with E-state index in [1.807, 2.05) is 0 Å². The summed E-state index contributed by atoms with van der Waals surface area (Å²) < 4.78 is 26.6. The zero-order valence-electron chi connectivity index (χ0n) is 13.4. The van der Waals surface area contributed by atoms with Crippen LogP contribution in [0.4, 0.5) is 13.6 Å². The number of likely N-dealkylation sites (tertiary alicyclic amines) is 1. The van der Waals surface area contributed by atoms with E-state index in [1.165, 1.54) is 29.9 Å². The van der Waals surface area contributed by atoms with Crippen molar-refractivity contribution in [3.05, 3.63) is 35.4 Å². The molecule has 0 radical (unpaired) electrons. The summed E-state index contributed by atoms with van der Waals surface area (Å²) in [5, 5.41) is 3.00. The minimum atomic E-state index is -0.624. The molecule has 0 unspecified atom stereocenters. The highest BCUT2D eigenvalue weighted by Crippen LogP contribution is 2.30. The van der Waals surface area contributed by atoms with E-state index in [4.69, 9.17) is 0 Å². The van der Waals surface area contributed by atoms with Crippen LogP contribution < -0.4 is 5.32 Å². The molecule has 6 heteroatoms. The Balaban J connectivity index is 1.47. The molecule has 23 heavy (non-hydrogen) atoms. The van der Waals surface area contributed by atoms with Crippen molar-refractivity contribution < 1.29 is 13.6 Å². The van der Waals surface area contributed by atoms with Crippen molar-refractivity contribution >= 4 is 6.03 Å². The van der Waals surface area contributed by atoms with E-state index in [0.29, 0.717) is 5.56 Å². The fourth-order valence-corrected chi connectivity index (χ4v) is 3.04. The summed E-state index contributed by atoms with van der Waals surface area (Å²) in [6.45, 7) is 3.18. The maximum Gasteiger partial charge on any atom is 0.317 e. The average Bonchev–Trinajstić information content (AvgIpc) is 3.20. The van der Waals surface area contributed by atoms with Crippen LogP contribution in [0.2, 0.25) is 0 Å². The molecule has 0 spiro atoms. The molecule has 1 atom stereocenters. The van der Waals surface area contributed by atoms with Gasteiger partial charge in [0.05, 0.1) is 0 Å². The van der Waals surface area contributed by atoms with Gasteiger partial charge in [-0.3, -0.25) is 0 Å².